The third-order valence-corrected chi connectivity index (χ3v) is 3.55. The minimum Gasteiger partial charge on any atom is -0.493 e. The number of H-pyrrole nitrogens is 1. The Kier molecular flexibility index (Phi) is 4.44. The number of benzene rings is 2. The number of hydrogen-bond donors (Lipinski definition) is 2. The summed E-state index contributed by atoms with van der Waals surface area (Å²) < 4.78 is 15.7. The average Bonchev–Trinajstić information content (AvgIpc) is 2.99. The lowest BCUT2D eigenvalue weighted by Gasteiger charge is -2.11. The van der Waals surface area contributed by atoms with Crippen molar-refractivity contribution < 1.29 is 24.1 Å². The molecule has 0 aliphatic heterocycles. The third kappa shape index (κ3) is 3.64. The van der Waals surface area contributed by atoms with Gasteiger partial charge in [0.2, 0.25) is 5.88 Å². The van der Waals surface area contributed by atoms with E-state index < -0.39 is 6.16 Å². The summed E-state index contributed by atoms with van der Waals surface area (Å²) in [7, 11) is 1.52. The molecule has 3 rings (SSSR count). The Morgan fingerprint density at radius 3 is 2.60 bits per heavy atom. The molecule has 7 nitrogen and oxygen atoms in total. The van der Waals surface area contributed by atoms with E-state index in [9.17, 15) is 4.79 Å². The average molecular weight is 338 g/mol. The van der Waals surface area contributed by atoms with Crippen molar-refractivity contribution in [2.45, 2.75) is 6.61 Å². The molecule has 1 heterocycles. The SMILES string of the molecule is COc1cc2[nH]c(OC(=O)O)cc2cc1OCc1ccc(C#N)cc1. The maximum atomic E-state index is 10.6. The van der Waals surface area contributed by atoms with E-state index in [2.05, 4.69) is 15.8 Å². The van der Waals surface area contributed by atoms with Gasteiger partial charge in [-0.2, -0.15) is 5.26 Å². The molecule has 0 spiro atoms. The molecular formula is C18H14N2O5. The van der Waals surface area contributed by atoms with E-state index in [4.69, 9.17) is 19.8 Å². The molecule has 0 aliphatic carbocycles. The fourth-order valence-electron chi connectivity index (χ4n) is 2.37. The molecular weight excluding hydrogens is 324 g/mol. The molecule has 0 bridgehead atoms. The zero-order valence-electron chi connectivity index (χ0n) is 13.3. The maximum Gasteiger partial charge on any atom is 0.512 e. The highest BCUT2D eigenvalue weighted by Crippen LogP contribution is 2.34. The first-order valence-electron chi connectivity index (χ1n) is 7.32. The van der Waals surface area contributed by atoms with Crippen LogP contribution in [0.15, 0.2) is 42.5 Å². The number of aromatic amines is 1. The van der Waals surface area contributed by atoms with E-state index in [1.54, 1.807) is 30.3 Å². The van der Waals surface area contributed by atoms with Gasteiger partial charge in [0.05, 0.1) is 24.3 Å². The largest absolute Gasteiger partial charge is 0.512 e. The lowest BCUT2D eigenvalue weighted by molar-refractivity contribution is 0.143. The smallest absolute Gasteiger partial charge is 0.493 e. The van der Waals surface area contributed by atoms with Crippen LogP contribution in [-0.4, -0.2) is 23.4 Å². The molecule has 2 N–H and O–H groups in total. The van der Waals surface area contributed by atoms with Crippen LogP contribution in [0, 0.1) is 11.3 Å². The molecule has 25 heavy (non-hydrogen) atoms. The quantitative estimate of drug-likeness (QED) is 0.688. The Morgan fingerprint density at radius 2 is 1.96 bits per heavy atom. The molecule has 0 amide bonds. The van der Waals surface area contributed by atoms with Crippen LogP contribution in [0.5, 0.6) is 17.4 Å². The molecule has 0 radical (unpaired) electrons. The Balaban J connectivity index is 1.83. The van der Waals surface area contributed by atoms with Crippen molar-refractivity contribution in [1.29, 1.82) is 5.26 Å². The summed E-state index contributed by atoms with van der Waals surface area (Å²) in [6.07, 6.45) is -1.39. The Labute approximate surface area is 143 Å². The minimum absolute atomic E-state index is 0.119. The lowest BCUT2D eigenvalue weighted by Crippen LogP contribution is -2.02. The second-order valence-electron chi connectivity index (χ2n) is 5.19. The molecule has 7 heteroatoms. The first-order chi connectivity index (χ1) is 12.1. The van der Waals surface area contributed by atoms with Gasteiger partial charge in [0.25, 0.3) is 0 Å². The van der Waals surface area contributed by atoms with Crippen molar-refractivity contribution in [2.24, 2.45) is 0 Å². The van der Waals surface area contributed by atoms with Crippen molar-refractivity contribution in [1.82, 2.24) is 4.98 Å². The molecule has 0 saturated carbocycles. The van der Waals surface area contributed by atoms with Gasteiger partial charge < -0.3 is 24.3 Å². The van der Waals surface area contributed by atoms with Gasteiger partial charge in [-0.1, -0.05) is 12.1 Å². The first-order valence-corrected chi connectivity index (χ1v) is 7.32. The van der Waals surface area contributed by atoms with Gasteiger partial charge in [-0.25, -0.2) is 4.79 Å². The van der Waals surface area contributed by atoms with Crippen molar-refractivity contribution in [3.8, 4) is 23.4 Å². The molecule has 2 aromatic carbocycles. The van der Waals surface area contributed by atoms with Gasteiger partial charge in [-0.3, -0.25) is 0 Å². The Bertz CT molecular complexity index is 954. The zero-order chi connectivity index (χ0) is 17.8. The predicted molar refractivity (Wildman–Crippen MR) is 89.0 cm³/mol. The number of nitrogens with one attached hydrogen (secondary N) is 1. The molecule has 1 aromatic heterocycles. The van der Waals surface area contributed by atoms with Crippen LogP contribution in [0.3, 0.4) is 0 Å². The summed E-state index contributed by atoms with van der Waals surface area (Å²) >= 11 is 0. The van der Waals surface area contributed by atoms with Crippen LogP contribution < -0.4 is 14.2 Å². The number of carboxylic acid groups (broad SMARTS) is 1. The predicted octanol–water partition coefficient (Wildman–Crippen LogP) is 3.68. The monoisotopic (exact) mass is 338 g/mol. The summed E-state index contributed by atoms with van der Waals surface area (Å²) in [5.74, 6) is 1.14. The van der Waals surface area contributed by atoms with Gasteiger partial charge in [0, 0.05) is 17.5 Å². The number of ether oxygens (including phenoxy) is 3. The van der Waals surface area contributed by atoms with Gasteiger partial charge in [-0.15, -0.1) is 0 Å². The summed E-state index contributed by atoms with van der Waals surface area (Å²) in [5, 5.41) is 18.2. The number of nitriles is 1. The molecule has 0 unspecified atom stereocenters. The topological polar surface area (TPSA) is 105 Å². The summed E-state index contributed by atoms with van der Waals surface area (Å²) in [4.78, 5) is 13.5. The van der Waals surface area contributed by atoms with Crippen molar-refractivity contribution in [2.75, 3.05) is 7.11 Å². The second kappa shape index (κ2) is 6.84. The zero-order valence-corrected chi connectivity index (χ0v) is 13.3. The number of carbonyl (C=O) groups is 1. The second-order valence-corrected chi connectivity index (χ2v) is 5.19. The standard InChI is InChI=1S/C18H14N2O5/c1-23-15-8-14-13(7-17(20-14)25-18(21)22)6-16(15)24-10-12-4-2-11(9-19)3-5-12/h2-8,20H,10H2,1H3,(H,21,22). The number of aromatic nitrogens is 1. The van der Waals surface area contributed by atoms with Gasteiger partial charge in [-0.05, 0) is 23.8 Å². The normalized spacial score (nSPS) is 10.2. The summed E-state index contributed by atoms with van der Waals surface area (Å²) in [5.41, 5.74) is 2.16. The Hall–Kier alpha value is -3.66. The van der Waals surface area contributed by atoms with Crippen LogP contribution in [0.25, 0.3) is 10.9 Å². The third-order valence-electron chi connectivity index (χ3n) is 3.55. The van der Waals surface area contributed by atoms with Crippen LogP contribution in [-0.2, 0) is 6.61 Å². The van der Waals surface area contributed by atoms with Gasteiger partial charge in [0.15, 0.2) is 11.5 Å². The van der Waals surface area contributed by atoms with Gasteiger partial charge in [0.1, 0.15) is 6.61 Å². The van der Waals surface area contributed by atoms with E-state index in [1.807, 2.05) is 12.1 Å². The van der Waals surface area contributed by atoms with E-state index in [1.165, 1.54) is 7.11 Å². The fourth-order valence-corrected chi connectivity index (χ4v) is 2.37. The summed E-state index contributed by atoms with van der Waals surface area (Å²) in [6, 6.07) is 14.2. The first kappa shape index (κ1) is 16.2. The molecule has 0 atom stereocenters. The van der Waals surface area contributed by atoms with Crippen LogP contribution in [0.2, 0.25) is 0 Å². The summed E-state index contributed by atoms with van der Waals surface area (Å²) in [6.45, 7) is 0.302. The van der Waals surface area contributed by atoms with Crippen LogP contribution >= 0.6 is 0 Å². The molecule has 0 aliphatic rings. The fraction of sp³-hybridized carbons (Fsp3) is 0.111. The minimum atomic E-state index is -1.39. The lowest BCUT2D eigenvalue weighted by atomic mass is 10.1. The number of hydrogen-bond acceptors (Lipinski definition) is 5. The molecule has 3 aromatic rings. The molecule has 0 saturated heterocycles. The van der Waals surface area contributed by atoms with E-state index in [0.29, 0.717) is 29.2 Å². The van der Waals surface area contributed by atoms with E-state index in [0.717, 1.165) is 10.9 Å². The highest BCUT2D eigenvalue weighted by Gasteiger charge is 2.12. The van der Waals surface area contributed by atoms with Crippen molar-refractivity contribution in [3.63, 3.8) is 0 Å². The van der Waals surface area contributed by atoms with Crippen LogP contribution in [0.4, 0.5) is 4.79 Å². The maximum absolute atomic E-state index is 10.6. The number of methoxy groups -OCH3 is 1. The Morgan fingerprint density at radius 1 is 1.20 bits per heavy atom. The highest BCUT2D eigenvalue weighted by molar-refractivity contribution is 5.85. The van der Waals surface area contributed by atoms with E-state index >= 15 is 0 Å². The van der Waals surface area contributed by atoms with Gasteiger partial charge >= 0.3 is 6.16 Å². The van der Waals surface area contributed by atoms with Crippen molar-refractivity contribution in [3.05, 3.63) is 53.6 Å². The van der Waals surface area contributed by atoms with E-state index in [-0.39, 0.29) is 5.88 Å². The van der Waals surface area contributed by atoms with Crippen LogP contribution in [0.1, 0.15) is 11.1 Å². The number of rotatable bonds is 5. The molecule has 0 fully saturated rings. The van der Waals surface area contributed by atoms with Crippen molar-refractivity contribution >= 4 is 17.1 Å². The number of nitrogens with zero attached hydrogens (tertiary/aromatic N) is 1. The number of fused-ring (bicyclic) bond motifs is 1. The highest BCUT2D eigenvalue weighted by atomic mass is 16.7. The molecule has 126 valence electrons.